The number of thioether (sulfide) groups is 1. The molecule has 0 amide bonds. The number of aromatic nitrogens is 2. The fraction of sp³-hybridized carbons (Fsp3) is 0.111. The average molecular weight is 272 g/mol. The highest BCUT2D eigenvalue weighted by atomic mass is 32.2. The summed E-state index contributed by atoms with van der Waals surface area (Å²) < 4.78 is 0. The standard InChI is InChI=1S/C9H8N2O6S/c12-4(7(14)15)3-5(6(13)8(16)17)18-9-10-1-2-11-9/h1-2,13H,3H2,(H,10,11)(H,14,15)(H,16,17). The number of hydrogen-bond donors (Lipinski definition) is 4. The van der Waals surface area contributed by atoms with Crippen LogP contribution in [-0.2, 0) is 14.4 Å². The van der Waals surface area contributed by atoms with Crippen molar-refractivity contribution in [2.75, 3.05) is 0 Å². The molecule has 0 bridgehead atoms. The molecule has 0 aliphatic rings. The summed E-state index contributed by atoms with van der Waals surface area (Å²) in [5.74, 6) is -5.66. The Hall–Kier alpha value is -2.29. The van der Waals surface area contributed by atoms with Crippen molar-refractivity contribution < 1.29 is 29.7 Å². The molecule has 0 spiro atoms. The molecule has 1 heterocycles. The van der Waals surface area contributed by atoms with Gasteiger partial charge >= 0.3 is 11.9 Å². The van der Waals surface area contributed by atoms with Crippen LogP contribution in [0.25, 0.3) is 0 Å². The molecule has 96 valence electrons. The van der Waals surface area contributed by atoms with Gasteiger partial charge in [-0.25, -0.2) is 14.6 Å². The van der Waals surface area contributed by atoms with Gasteiger partial charge < -0.3 is 20.3 Å². The molecule has 8 nitrogen and oxygen atoms in total. The van der Waals surface area contributed by atoms with Gasteiger partial charge in [0.2, 0.25) is 11.5 Å². The summed E-state index contributed by atoms with van der Waals surface area (Å²) in [6.45, 7) is 0. The third-order valence-corrected chi connectivity index (χ3v) is 2.72. The number of aliphatic carboxylic acids is 2. The Bertz CT molecular complexity index is 507. The molecule has 18 heavy (non-hydrogen) atoms. The van der Waals surface area contributed by atoms with E-state index in [1.165, 1.54) is 12.4 Å². The molecule has 0 aromatic carbocycles. The number of hydrogen-bond acceptors (Lipinski definition) is 6. The Labute approximate surface area is 104 Å². The lowest BCUT2D eigenvalue weighted by Crippen LogP contribution is -2.14. The molecule has 1 aromatic heterocycles. The summed E-state index contributed by atoms with van der Waals surface area (Å²) in [4.78, 5) is 38.1. The Morgan fingerprint density at radius 3 is 2.33 bits per heavy atom. The smallest absolute Gasteiger partial charge is 0.372 e. The van der Waals surface area contributed by atoms with Gasteiger partial charge in [-0.1, -0.05) is 11.8 Å². The maximum absolute atomic E-state index is 11.0. The van der Waals surface area contributed by atoms with Crippen LogP contribution < -0.4 is 0 Å². The van der Waals surface area contributed by atoms with Crippen molar-refractivity contribution in [3.05, 3.63) is 23.1 Å². The normalized spacial score (nSPS) is 11.8. The van der Waals surface area contributed by atoms with E-state index >= 15 is 0 Å². The monoisotopic (exact) mass is 272 g/mol. The predicted molar refractivity (Wildman–Crippen MR) is 59.0 cm³/mol. The van der Waals surface area contributed by atoms with Gasteiger partial charge in [0.1, 0.15) is 0 Å². The van der Waals surface area contributed by atoms with Crippen LogP contribution >= 0.6 is 11.8 Å². The molecule has 1 rings (SSSR count). The lowest BCUT2D eigenvalue weighted by Gasteiger charge is -2.04. The van der Waals surface area contributed by atoms with Crippen LogP contribution in [0.5, 0.6) is 0 Å². The number of H-pyrrole nitrogens is 1. The SMILES string of the molecule is O=C(O)C(=O)CC(Sc1ncc[nH]1)=C(O)C(=O)O. The van der Waals surface area contributed by atoms with Gasteiger partial charge in [-0.15, -0.1) is 0 Å². The first-order valence-electron chi connectivity index (χ1n) is 4.50. The van der Waals surface area contributed by atoms with Gasteiger partial charge in [0.25, 0.3) is 0 Å². The minimum absolute atomic E-state index is 0.232. The van der Waals surface area contributed by atoms with Gasteiger partial charge in [0, 0.05) is 12.4 Å². The molecule has 9 heteroatoms. The lowest BCUT2D eigenvalue weighted by molar-refractivity contribution is -0.148. The molecule has 0 saturated carbocycles. The van der Waals surface area contributed by atoms with E-state index < -0.39 is 29.9 Å². The van der Waals surface area contributed by atoms with Crippen molar-refractivity contribution in [2.24, 2.45) is 0 Å². The lowest BCUT2D eigenvalue weighted by atomic mass is 10.2. The first kappa shape index (κ1) is 13.8. The molecular weight excluding hydrogens is 264 g/mol. The largest absolute Gasteiger partial charge is 0.501 e. The zero-order chi connectivity index (χ0) is 13.7. The van der Waals surface area contributed by atoms with E-state index in [-0.39, 0.29) is 10.1 Å². The van der Waals surface area contributed by atoms with Crippen LogP contribution in [0.1, 0.15) is 6.42 Å². The van der Waals surface area contributed by atoms with Crippen molar-refractivity contribution in [1.29, 1.82) is 0 Å². The minimum atomic E-state index is -1.70. The van der Waals surface area contributed by atoms with Crippen LogP contribution in [0.2, 0.25) is 0 Å². The number of ketones is 1. The number of carboxylic acids is 2. The van der Waals surface area contributed by atoms with E-state index in [9.17, 15) is 19.5 Å². The summed E-state index contributed by atoms with van der Waals surface area (Å²) in [6, 6.07) is 0. The molecular formula is C9H8N2O6S. The highest BCUT2D eigenvalue weighted by Gasteiger charge is 2.21. The second-order valence-electron chi connectivity index (χ2n) is 2.98. The summed E-state index contributed by atoms with van der Waals surface area (Å²) in [7, 11) is 0. The first-order valence-corrected chi connectivity index (χ1v) is 5.32. The van der Waals surface area contributed by atoms with Gasteiger partial charge in [-0.05, 0) is 0 Å². The van der Waals surface area contributed by atoms with Crippen molar-refractivity contribution in [3.8, 4) is 0 Å². The van der Waals surface area contributed by atoms with E-state index in [0.717, 1.165) is 0 Å². The van der Waals surface area contributed by atoms with Gasteiger partial charge in [-0.2, -0.15) is 0 Å². The van der Waals surface area contributed by atoms with Crippen LogP contribution in [0.4, 0.5) is 0 Å². The molecule has 1 aromatic rings. The zero-order valence-corrected chi connectivity index (χ0v) is 9.60. The van der Waals surface area contributed by atoms with E-state index in [2.05, 4.69) is 9.97 Å². The molecule has 0 saturated heterocycles. The highest BCUT2D eigenvalue weighted by Crippen LogP contribution is 2.28. The number of imidazole rings is 1. The molecule has 4 N–H and O–H groups in total. The first-order chi connectivity index (χ1) is 8.41. The van der Waals surface area contributed by atoms with Crippen LogP contribution in [0.15, 0.2) is 28.2 Å². The Balaban J connectivity index is 2.96. The fourth-order valence-corrected chi connectivity index (χ4v) is 1.79. The number of nitrogens with zero attached hydrogens (tertiary/aromatic N) is 1. The number of aliphatic hydroxyl groups is 1. The fourth-order valence-electron chi connectivity index (χ4n) is 0.932. The Kier molecular flexibility index (Phi) is 4.49. The van der Waals surface area contributed by atoms with E-state index in [1.54, 1.807) is 0 Å². The Morgan fingerprint density at radius 2 is 1.89 bits per heavy atom. The maximum atomic E-state index is 11.0. The number of nitrogens with one attached hydrogen (secondary N) is 1. The second-order valence-corrected chi connectivity index (χ2v) is 4.06. The molecule has 0 aliphatic carbocycles. The topological polar surface area (TPSA) is 141 Å². The summed E-state index contributed by atoms with van der Waals surface area (Å²) in [5, 5.41) is 26.6. The predicted octanol–water partition coefficient (Wildman–Crippen LogP) is 0.400. The number of aromatic amines is 1. The van der Waals surface area contributed by atoms with Crippen LogP contribution in [0, 0.1) is 0 Å². The number of carboxylic acid groups (broad SMARTS) is 2. The molecule has 0 fully saturated rings. The Morgan fingerprint density at radius 1 is 1.22 bits per heavy atom. The van der Waals surface area contributed by atoms with Crippen molar-refractivity contribution in [3.63, 3.8) is 0 Å². The third kappa shape index (κ3) is 3.63. The van der Waals surface area contributed by atoms with Crippen molar-refractivity contribution in [2.45, 2.75) is 11.6 Å². The van der Waals surface area contributed by atoms with Crippen molar-refractivity contribution >= 4 is 29.5 Å². The number of allylic oxidation sites excluding steroid dienone is 1. The van der Waals surface area contributed by atoms with Crippen LogP contribution in [0.3, 0.4) is 0 Å². The molecule has 0 unspecified atom stereocenters. The van der Waals surface area contributed by atoms with E-state index in [0.29, 0.717) is 11.8 Å². The number of aliphatic hydroxyl groups excluding tert-OH is 1. The maximum Gasteiger partial charge on any atom is 0.372 e. The number of rotatable bonds is 6. The quantitative estimate of drug-likeness (QED) is 0.252. The van der Waals surface area contributed by atoms with Crippen LogP contribution in [-0.4, -0.2) is 43.0 Å². The molecule has 0 aliphatic heterocycles. The summed E-state index contributed by atoms with van der Waals surface area (Å²) >= 11 is 0.676. The molecule has 0 radical (unpaired) electrons. The molecule has 0 atom stereocenters. The van der Waals surface area contributed by atoms with E-state index in [1.807, 2.05) is 0 Å². The number of carbonyl (C=O) groups excluding carboxylic acids is 1. The summed E-state index contributed by atoms with van der Waals surface area (Å²) in [6.07, 6.45) is 2.12. The van der Waals surface area contributed by atoms with Gasteiger partial charge in [0.05, 0.1) is 11.3 Å². The second kappa shape index (κ2) is 5.87. The number of Topliss-reactive ketones (excluding diaryl/α,β-unsaturated/α-hetero) is 1. The average Bonchev–Trinajstić information content (AvgIpc) is 2.79. The summed E-state index contributed by atoms with van der Waals surface area (Å²) in [5.41, 5.74) is 0. The van der Waals surface area contributed by atoms with E-state index in [4.69, 9.17) is 10.2 Å². The minimum Gasteiger partial charge on any atom is -0.501 e. The number of carbonyl (C=O) groups is 3. The highest BCUT2D eigenvalue weighted by molar-refractivity contribution is 8.03. The van der Waals surface area contributed by atoms with Gasteiger partial charge in [0.15, 0.2) is 5.16 Å². The third-order valence-electron chi connectivity index (χ3n) is 1.72. The van der Waals surface area contributed by atoms with Gasteiger partial charge in [-0.3, -0.25) is 4.79 Å². The van der Waals surface area contributed by atoms with Crippen molar-refractivity contribution in [1.82, 2.24) is 9.97 Å². The zero-order valence-electron chi connectivity index (χ0n) is 8.78.